The molecule has 1 aromatic carbocycles. The molecule has 0 bridgehead atoms. The Morgan fingerprint density at radius 1 is 1.50 bits per heavy atom. The number of ether oxygens (including phenoxy) is 1. The van der Waals surface area contributed by atoms with Gasteiger partial charge in [0.2, 0.25) is 0 Å². The molecule has 0 radical (unpaired) electrons. The van der Waals surface area contributed by atoms with E-state index in [-0.39, 0.29) is 6.04 Å². The van der Waals surface area contributed by atoms with Gasteiger partial charge in [-0.3, -0.25) is 11.3 Å². The summed E-state index contributed by atoms with van der Waals surface area (Å²) in [5.41, 5.74) is 3.84. The van der Waals surface area contributed by atoms with E-state index in [9.17, 15) is 0 Å². The summed E-state index contributed by atoms with van der Waals surface area (Å²) in [4.78, 5) is 0. The van der Waals surface area contributed by atoms with Crippen molar-refractivity contribution in [2.45, 2.75) is 26.3 Å². The molecule has 4 heteroatoms. The summed E-state index contributed by atoms with van der Waals surface area (Å²) in [6, 6.07) is 5.63. The van der Waals surface area contributed by atoms with E-state index in [1.165, 1.54) is 0 Å². The third-order valence-electron chi connectivity index (χ3n) is 2.92. The Morgan fingerprint density at radius 3 is 2.69 bits per heavy atom. The van der Waals surface area contributed by atoms with Crippen molar-refractivity contribution in [3.8, 4) is 5.75 Å². The molecule has 0 saturated carbocycles. The van der Waals surface area contributed by atoms with Crippen LogP contribution in [0.5, 0.6) is 5.75 Å². The van der Waals surface area contributed by atoms with Crippen LogP contribution in [0.25, 0.3) is 0 Å². The molecule has 0 amide bonds. The van der Waals surface area contributed by atoms with Crippen LogP contribution in [0.1, 0.15) is 31.9 Å². The van der Waals surface area contributed by atoms with E-state index in [2.05, 4.69) is 19.3 Å². The molecule has 0 aliphatic heterocycles. The van der Waals surface area contributed by atoms with Crippen LogP contribution in [0.15, 0.2) is 18.2 Å². The Balaban J connectivity index is 3.11. The molecule has 1 rings (SSSR count). The lowest BCUT2D eigenvalue weighted by atomic mass is 9.92. The van der Waals surface area contributed by atoms with Crippen LogP contribution in [-0.2, 0) is 0 Å². The van der Waals surface area contributed by atoms with Crippen LogP contribution in [0.3, 0.4) is 0 Å². The van der Waals surface area contributed by atoms with Crippen molar-refractivity contribution < 1.29 is 4.74 Å². The summed E-state index contributed by atoms with van der Waals surface area (Å²) in [7, 11) is 1.65. The predicted molar refractivity (Wildman–Crippen MR) is 67.5 cm³/mol. The van der Waals surface area contributed by atoms with E-state index in [0.717, 1.165) is 17.7 Å². The maximum absolute atomic E-state index is 6.00. The first-order valence-corrected chi connectivity index (χ1v) is 5.81. The summed E-state index contributed by atoms with van der Waals surface area (Å²) in [6.07, 6.45) is 1.03. The molecule has 16 heavy (non-hydrogen) atoms. The SMILES string of the molecule is CCC(C)C(NN)c1cc(Cl)ccc1OC. The maximum atomic E-state index is 6.00. The van der Waals surface area contributed by atoms with Crippen LogP contribution >= 0.6 is 11.6 Å². The highest BCUT2D eigenvalue weighted by Crippen LogP contribution is 2.32. The Labute approximate surface area is 102 Å². The molecular weight excluding hydrogens is 224 g/mol. The minimum absolute atomic E-state index is 0.0543. The Hall–Kier alpha value is -0.770. The molecule has 0 fully saturated rings. The monoisotopic (exact) mass is 242 g/mol. The fourth-order valence-corrected chi connectivity index (χ4v) is 1.93. The molecule has 3 nitrogen and oxygen atoms in total. The number of benzene rings is 1. The Kier molecular flexibility index (Phi) is 5.06. The van der Waals surface area contributed by atoms with E-state index in [0.29, 0.717) is 10.9 Å². The molecule has 0 aromatic heterocycles. The van der Waals surface area contributed by atoms with E-state index >= 15 is 0 Å². The topological polar surface area (TPSA) is 47.3 Å². The van der Waals surface area contributed by atoms with Crippen molar-refractivity contribution in [1.29, 1.82) is 0 Å². The van der Waals surface area contributed by atoms with Gasteiger partial charge < -0.3 is 4.74 Å². The molecule has 0 aliphatic carbocycles. The number of rotatable bonds is 5. The van der Waals surface area contributed by atoms with E-state index in [4.69, 9.17) is 22.2 Å². The van der Waals surface area contributed by atoms with E-state index < -0.39 is 0 Å². The zero-order valence-electron chi connectivity index (χ0n) is 9.96. The second-order valence-electron chi connectivity index (χ2n) is 3.92. The second-order valence-corrected chi connectivity index (χ2v) is 4.35. The Bertz CT molecular complexity index is 344. The van der Waals surface area contributed by atoms with Gasteiger partial charge in [-0.15, -0.1) is 0 Å². The van der Waals surface area contributed by atoms with Gasteiger partial charge in [-0.1, -0.05) is 31.9 Å². The third kappa shape index (κ3) is 2.88. The van der Waals surface area contributed by atoms with Crippen molar-refractivity contribution in [2.75, 3.05) is 7.11 Å². The third-order valence-corrected chi connectivity index (χ3v) is 3.15. The molecule has 0 aliphatic rings. The van der Waals surface area contributed by atoms with Gasteiger partial charge in [0, 0.05) is 10.6 Å². The fourth-order valence-electron chi connectivity index (χ4n) is 1.74. The molecule has 0 spiro atoms. The number of hydrazine groups is 1. The van der Waals surface area contributed by atoms with Crippen molar-refractivity contribution >= 4 is 11.6 Å². The van der Waals surface area contributed by atoms with Gasteiger partial charge in [-0.2, -0.15) is 0 Å². The molecule has 3 N–H and O–H groups in total. The number of halogens is 1. The van der Waals surface area contributed by atoms with Crippen molar-refractivity contribution in [1.82, 2.24) is 5.43 Å². The van der Waals surface area contributed by atoms with Gasteiger partial charge >= 0.3 is 0 Å². The molecule has 2 unspecified atom stereocenters. The lowest BCUT2D eigenvalue weighted by Gasteiger charge is -2.24. The average Bonchev–Trinajstić information content (AvgIpc) is 2.30. The average molecular weight is 243 g/mol. The van der Waals surface area contributed by atoms with Crippen molar-refractivity contribution in [3.63, 3.8) is 0 Å². The van der Waals surface area contributed by atoms with Gasteiger partial charge in [-0.25, -0.2) is 0 Å². The van der Waals surface area contributed by atoms with Crippen molar-refractivity contribution in [3.05, 3.63) is 28.8 Å². The smallest absolute Gasteiger partial charge is 0.123 e. The van der Waals surface area contributed by atoms with Gasteiger partial charge in [0.15, 0.2) is 0 Å². The highest BCUT2D eigenvalue weighted by Gasteiger charge is 2.20. The van der Waals surface area contributed by atoms with Gasteiger partial charge in [-0.05, 0) is 24.1 Å². The summed E-state index contributed by atoms with van der Waals surface area (Å²) < 4.78 is 5.32. The summed E-state index contributed by atoms with van der Waals surface area (Å²) >= 11 is 6.00. The zero-order valence-corrected chi connectivity index (χ0v) is 10.7. The molecule has 90 valence electrons. The van der Waals surface area contributed by atoms with Gasteiger partial charge in [0.25, 0.3) is 0 Å². The largest absolute Gasteiger partial charge is 0.496 e. The lowest BCUT2D eigenvalue weighted by molar-refractivity contribution is 0.354. The van der Waals surface area contributed by atoms with E-state index in [1.807, 2.05) is 18.2 Å². The molecular formula is C12H19ClN2O. The number of methoxy groups -OCH3 is 1. The fraction of sp³-hybridized carbons (Fsp3) is 0.500. The molecule has 0 saturated heterocycles. The van der Waals surface area contributed by atoms with Crippen LogP contribution in [0.4, 0.5) is 0 Å². The van der Waals surface area contributed by atoms with E-state index in [1.54, 1.807) is 7.11 Å². The first-order valence-electron chi connectivity index (χ1n) is 5.43. The van der Waals surface area contributed by atoms with Gasteiger partial charge in [0.05, 0.1) is 13.2 Å². The summed E-state index contributed by atoms with van der Waals surface area (Å²) in [5, 5.41) is 0.694. The quantitative estimate of drug-likeness (QED) is 0.617. The minimum Gasteiger partial charge on any atom is -0.496 e. The highest BCUT2D eigenvalue weighted by molar-refractivity contribution is 6.30. The Morgan fingerprint density at radius 2 is 2.19 bits per heavy atom. The standard InChI is InChI=1S/C12H19ClN2O/c1-4-8(2)12(15-14)10-7-9(13)5-6-11(10)16-3/h5-8,12,15H,4,14H2,1-3H3. The molecule has 1 aromatic rings. The molecule has 0 heterocycles. The zero-order chi connectivity index (χ0) is 12.1. The minimum atomic E-state index is 0.0543. The lowest BCUT2D eigenvalue weighted by Crippen LogP contribution is -2.32. The van der Waals surface area contributed by atoms with Crippen LogP contribution in [0, 0.1) is 5.92 Å². The number of nitrogens with one attached hydrogen (secondary N) is 1. The van der Waals surface area contributed by atoms with Crippen LogP contribution < -0.4 is 16.0 Å². The number of hydrogen-bond donors (Lipinski definition) is 2. The normalized spacial score (nSPS) is 14.6. The predicted octanol–water partition coefficient (Wildman–Crippen LogP) is 2.90. The van der Waals surface area contributed by atoms with Crippen molar-refractivity contribution in [2.24, 2.45) is 11.8 Å². The summed E-state index contributed by atoms with van der Waals surface area (Å²) in [5.74, 6) is 6.83. The van der Waals surface area contributed by atoms with Gasteiger partial charge in [0.1, 0.15) is 5.75 Å². The van der Waals surface area contributed by atoms with Crippen LogP contribution in [-0.4, -0.2) is 7.11 Å². The first kappa shape index (κ1) is 13.3. The maximum Gasteiger partial charge on any atom is 0.123 e. The molecule has 2 atom stereocenters. The second kappa shape index (κ2) is 6.09. The number of nitrogens with two attached hydrogens (primary N) is 1. The summed E-state index contributed by atoms with van der Waals surface area (Å²) in [6.45, 7) is 4.27. The van der Waals surface area contributed by atoms with Crippen LogP contribution in [0.2, 0.25) is 5.02 Å². The first-order chi connectivity index (χ1) is 7.63. The highest BCUT2D eigenvalue weighted by atomic mass is 35.5. The number of hydrogen-bond acceptors (Lipinski definition) is 3.